The number of pyridine rings is 1. The Morgan fingerprint density at radius 2 is 1.48 bits per heavy atom. The van der Waals surface area contributed by atoms with Crippen molar-refractivity contribution in [1.82, 2.24) is 4.98 Å². The van der Waals surface area contributed by atoms with E-state index in [2.05, 4.69) is 32.3 Å². The number of para-hydroxylation sites is 1. The fourth-order valence-electron chi connectivity index (χ4n) is 4.30. The maximum absolute atomic E-state index is 14.3. The number of thiophene rings is 1. The number of anilines is 1. The molecule has 2 aromatic heterocycles. The number of rotatable bonds is 6. The highest BCUT2D eigenvalue weighted by atomic mass is 79.9. The quantitative estimate of drug-likeness (QED) is 0.260. The lowest BCUT2D eigenvalue weighted by atomic mass is 9.70. The Bertz CT molecular complexity index is 1350. The normalized spacial score (nSPS) is 11.4. The Labute approximate surface area is 205 Å². The van der Waals surface area contributed by atoms with Crippen molar-refractivity contribution in [3.05, 3.63) is 129 Å². The maximum atomic E-state index is 14.3. The number of nitrogens with one attached hydrogen (secondary N) is 1. The zero-order chi connectivity index (χ0) is 22.7. The van der Waals surface area contributed by atoms with E-state index in [-0.39, 0.29) is 5.91 Å². The molecule has 2 heterocycles. The highest BCUT2D eigenvalue weighted by Crippen LogP contribution is 2.40. The van der Waals surface area contributed by atoms with E-state index in [1.807, 2.05) is 97.1 Å². The van der Waals surface area contributed by atoms with Crippen LogP contribution in [-0.4, -0.2) is 10.9 Å². The molecular formula is C28H21BrN2OS. The first-order chi connectivity index (χ1) is 16.2. The lowest BCUT2D eigenvalue weighted by Gasteiger charge is -2.33. The second-order valence-electron chi connectivity index (χ2n) is 7.85. The molecule has 0 aliphatic carbocycles. The number of hydrogen-bond acceptors (Lipinski definition) is 3. The first-order valence-corrected chi connectivity index (χ1v) is 12.3. The summed E-state index contributed by atoms with van der Waals surface area (Å²) in [4.78, 5) is 20.0. The average Bonchev–Trinajstić information content (AvgIpc) is 3.28. The smallest absolute Gasteiger partial charge is 0.239 e. The number of hydrogen-bond donors (Lipinski definition) is 1. The fraction of sp³-hybridized carbons (Fsp3) is 0.0714. The molecule has 0 aliphatic rings. The third-order valence-corrected chi connectivity index (χ3v) is 7.49. The Hall–Kier alpha value is -3.28. The molecule has 5 heteroatoms. The number of halogens is 1. The Kier molecular flexibility index (Phi) is 6.07. The molecule has 1 N–H and O–H groups in total. The van der Waals surface area contributed by atoms with Gasteiger partial charge in [0.25, 0.3) is 0 Å². The first-order valence-electron chi connectivity index (χ1n) is 10.7. The van der Waals surface area contributed by atoms with Crippen LogP contribution in [0.1, 0.15) is 16.0 Å². The summed E-state index contributed by atoms with van der Waals surface area (Å²) < 4.78 is 1.05. The van der Waals surface area contributed by atoms with E-state index in [1.165, 1.54) is 0 Å². The molecule has 0 radical (unpaired) electrons. The predicted molar refractivity (Wildman–Crippen MR) is 140 cm³/mol. The summed E-state index contributed by atoms with van der Waals surface area (Å²) in [6, 6.07) is 34.0. The molecule has 1 amide bonds. The van der Waals surface area contributed by atoms with E-state index in [0.717, 1.165) is 30.7 Å². The first kappa shape index (κ1) is 21.6. The molecule has 0 spiro atoms. The van der Waals surface area contributed by atoms with Crippen molar-refractivity contribution < 1.29 is 4.79 Å². The lowest BCUT2D eigenvalue weighted by molar-refractivity contribution is -0.120. The molecule has 0 bridgehead atoms. The molecule has 3 nitrogen and oxygen atoms in total. The highest BCUT2D eigenvalue weighted by Gasteiger charge is 2.42. The van der Waals surface area contributed by atoms with E-state index >= 15 is 0 Å². The number of nitrogens with zero attached hydrogens (tertiary/aromatic N) is 1. The lowest BCUT2D eigenvalue weighted by Crippen LogP contribution is -2.43. The third kappa shape index (κ3) is 4.22. The maximum Gasteiger partial charge on any atom is 0.239 e. The summed E-state index contributed by atoms with van der Waals surface area (Å²) in [6.07, 6.45) is 2.30. The van der Waals surface area contributed by atoms with Crippen LogP contribution in [0.2, 0.25) is 0 Å². The van der Waals surface area contributed by atoms with Gasteiger partial charge in [0.2, 0.25) is 5.91 Å². The van der Waals surface area contributed by atoms with Crippen molar-refractivity contribution in [2.45, 2.75) is 11.8 Å². The van der Waals surface area contributed by atoms with Crippen LogP contribution < -0.4 is 5.32 Å². The zero-order valence-electron chi connectivity index (χ0n) is 17.7. The van der Waals surface area contributed by atoms with Crippen LogP contribution in [0.3, 0.4) is 0 Å². The van der Waals surface area contributed by atoms with Crippen LogP contribution in [0.25, 0.3) is 10.9 Å². The van der Waals surface area contributed by atoms with Crippen molar-refractivity contribution in [1.29, 1.82) is 0 Å². The summed E-state index contributed by atoms with van der Waals surface area (Å²) in [5.41, 5.74) is 2.48. The molecule has 5 rings (SSSR count). The Morgan fingerprint density at radius 3 is 2.12 bits per heavy atom. The average molecular weight is 513 g/mol. The summed E-state index contributed by atoms with van der Waals surface area (Å²) in [5.74, 6) is -0.0809. The van der Waals surface area contributed by atoms with E-state index < -0.39 is 5.41 Å². The fourth-order valence-corrected chi connectivity index (χ4v) is 5.87. The molecule has 0 saturated heterocycles. The largest absolute Gasteiger partial charge is 0.323 e. The summed E-state index contributed by atoms with van der Waals surface area (Å²) in [5, 5.41) is 4.23. The van der Waals surface area contributed by atoms with Gasteiger partial charge in [0, 0.05) is 22.9 Å². The van der Waals surface area contributed by atoms with Crippen molar-refractivity contribution in [3.63, 3.8) is 0 Å². The minimum atomic E-state index is -0.913. The van der Waals surface area contributed by atoms with Crippen LogP contribution in [0, 0.1) is 0 Å². The van der Waals surface area contributed by atoms with Gasteiger partial charge in [-0.3, -0.25) is 9.78 Å². The van der Waals surface area contributed by atoms with Gasteiger partial charge in [-0.05, 0) is 51.3 Å². The molecular weight excluding hydrogens is 492 g/mol. The van der Waals surface area contributed by atoms with Gasteiger partial charge in [0.05, 0.1) is 15.0 Å². The van der Waals surface area contributed by atoms with E-state index in [0.29, 0.717) is 12.1 Å². The van der Waals surface area contributed by atoms with Gasteiger partial charge >= 0.3 is 0 Å². The van der Waals surface area contributed by atoms with Gasteiger partial charge in [-0.1, -0.05) is 78.9 Å². The second kappa shape index (κ2) is 9.30. The summed E-state index contributed by atoms with van der Waals surface area (Å²) >= 11 is 5.23. The topological polar surface area (TPSA) is 42.0 Å². The monoisotopic (exact) mass is 512 g/mol. The molecule has 0 aliphatic heterocycles. The van der Waals surface area contributed by atoms with Crippen molar-refractivity contribution in [2.24, 2.45) is 0 Å². The summed E-state index contributed by atoms with van der Waals surface area (Å²) in [6.45, 7) is 0. The Balaban J connectivity index is 1.69. The molecule has 0 unspecified atom stereocenters. The molecule has 3 aromatic carbocycles. The van der Waals surface area contributed by atoms with Gasteiger partial charge < -0.3 is 5.32 Å². The van der Waals surface area contributed by atoms with Crippen LogP contribution >= 0.6 is 27.3 Å². The molecule has 162 valence electrons. The molecule has 5 aromatic rings. The predicted octanol–water partition coefficient (Wildman–Crippen LogP) is 7.23. The van der Waals surface area contributed by atoms with E-state index in [4.69, 9.17) is 0 Å². The molecule has 0 atom stereocenters. The number of aromatic nitrogens is 1. The number of carbonyl (C=O) groups is 1. The van der Waals surface area contributed by atoms with Gasteiger partial charge in [-0.15, -0.1) is 11.3 Å². The van der Waals surface area contributed by atoms with Crippen molar-refractivity contribution in [2.75, 3.05) is 5.32 Å². The minimum Gasteiger partial charge on any atom is -0.323 e. The van der Waals surface area contributed by atoms with Crippen molar-refractivity contribution in [3.8, 4) is 0 Å². The van der Waals surface area contributed by atoms with Crippen molar-refractivity contribution >= 4 is 49.8 Å². The highest BCUT2D eigenvalue weighted by molar-refractivity contribution is 9.11. The third-order valence-electron chi connectivity index (χ3n) is 5.87. The van der Waals surface area contributed by atoms with Gasteiger partial charge in [0.15, 0.2) is 0 Å². The summed E-state index contributed by atoms with van der Waals surface area (Å²) in [7, 11) is 0. The molecule has 33 heavy (non-hydrogen) atoms. The standard InChI is InChI=1S/C28H21BrN2OS/c29-25-17-16-23(33-25)19-28(21-11-3-1-4-12-21,22-13-5-2-6-14-22)27(32)31-24-15-7-9-20-10-8-18-30-26(20)24/h1-18H,19H2,(H,31,32). The molecule has 0 fully saturated rings. The number of carbonyl (C=O) groups excluding carboxylic acids is 1. The van der Waals surface area contributed by atoms with Crippen LogP contribution in [-0.2, 0) is 16.6 Å². The molecule has 0 saturated carbocycles. The van der Waals surface area contributed by atoms with Crippen LogP contribution in [0.5, 0.6) is 0 Å². The Morgan fingerprint density at radius 1 is 0.818 bits per heavy atom. The number of amides is 1. The van der Waals surface area contributed by atoms with Crippen LogP contribution in [0.15, 0.2) is 113 Å². The second-order valence-corrected chi connectivity index (χ2v) is 10.4. The number of fused-ring (bicyclic) bond motifs is 1. The van der Waals surface area contributed by atoms with Gasteiger partial charge in [-0.2, -0.15) is 0 Å². The zero-order valence-corrected chi connectivity index (χ0v) is 20.1. The van der Waals surface area contributed by atoms with Crippen LogP contribution in [0.4, 0.5) is 5.69 Å². The van der Waals surface area contributed by atoms with Gasteiger partial charge in [0.1, 0.15) is 5.41 Å². The SMILES string of the molecule is O=C(Nc1cccc2cccnc12)C(Cc1ccc(Br)s1)(c1ccccc1)c1ccccc1. The van der Waals surface area contributed by atoms with E-state index in [1.54, 1.807) is 17.5 Å². The van der Waals surface area contributed by atoms with Gasteiger partial charge in [-0.25, -0.2) is 0 Å². The minimum absolute atomic E-state index is 0.0809. The number of benzene rings is 3. The van der Waals surface area contributed by atoms with E-state index in [9.17, 15) is 4.79 Å².